The summed E-state index contributed by atoms with van der Waals surface area (Å²) in [5.74, 6) is 0. The predicted molar refractivity (Wildman–Crippen MR) is 73.7 cm³/mol. The van der Waals surface area contributed by atoms with E-state index in [2.05, 4.69) is 0 Å². The zero-order valence-electron chi connectivity index (χ0n) is 11.0. The van der Waals surface area contributed by atoms with Gasteiger partial charge in [-0.1, -0.05) is 11.6 Å². The van der Waals surface area contributed by atoms with Gasteiger partial charge in [0.2, 0.25) is 0 Å². The highest BCUT2D eigenvalue weighted by Crippen LogP contribution is 2.36. The van der Waals surface area contributed by atoms with Gasteiger partial charge in [0.05, 0.1) is 22.4 Å². The fourth-order valence-corrected chi connectivity index (χ4v) is 2.97. The lowest BCUT2D eigenvalue weighted by atomic mass is 9.95. The maximum absolute atomic E-state index is 12.9. The van der Waals surface area contributed by atoms with Crippen LogP contribution in [-0.2, 0) is 12.6 Å². The fraction of sp³-hybridized carbons (Fsp3) is 0.333. The first-order valence-corrected chi connectivity index (χ1v) is 7.01. The van der Waals surface area contributed by atoms with E-state index in [1.54, 1.807) is 16.8 Å². The summed E-state index contributed by atoms with van der Waals surface area (Å²) in [5, 5.41) is 10.2. The Kier molecular flexibility index (Phi) is 3.50. The van der Waals surface area contributed by atoms with Crippen LogP contribution in [0.4, 0.5) is 13.2 Å². The molecule has 3 rings (SSSR count). The van der Waals surface area contributed by atoms with Crippen LogP contribution in [0.25, 0.3) is 5.69 Å². The van der Waals surface area contributed by atoms with E-state index in [9.17, 15) is 18.3 Å². The van der Waals surface area contributed by atoms with Gasteiger partial charge in [-0.25, -0.2) is 0 Å². The SMILES string of the molecule is OC1CCCc2c1ccn2-c1cc(C(F)(F)F)ccc1Cl. The van der Waals surface area contributed by atoms with Crippen LogP contribution in [0.3, 0.4) is 0 Å². The zero-order chi connectivity index (χ0) is 15.2. The van der Waals surface area contributed by atoms with Crippen LogP contribution in [0.1, 0.15) is 35.8 Å². The largest absolute Gasteiger partial charge is 0.416 e. The van der Waals surface area contributed by atoms with Gasteiger partial charge >= 0.3 is 6.18 Å². The second-order valence-electron chi connectivity index (χ2n) is 5.16. The van der Waals surface area contributed by atoms with Gasteiger partial charge in [-0.2, -0.15) is 13.2 Å². The van der Waals surface area contributed by atoms with Crippen LogP contribution in [0, 0.1) is 0 Å². The number of hydrogen-bond donors (Lipinski definition) is 1. The molecule has 112 valence electrons. The Bertz CT molecular complexity index is 678. The third-order valence-electron chi connectivity index (χ3n) is 3.81. The molecule has 1 unspecified atom stereocenters. The molecule has 0 amide bonds. The third-order valence-corrected chi connectivity index (χ3v) is 4.13. The second kappa shape index (κ2) is 5.07. The maximum Gasteiger partial charge on any atom is 0.416 e. The smallest absolute Gasteiger partial charge is 0.388 e. The van der Waals surface area contributed by atoms with Crippen LogP contribution in [0.2, 0.25) is 5.02 Å². The molecule has 1 aromatic carbocycles. The highest BCUT2D eigenvalue weighted by atomic mass is 35.5. The average molecular weight is 316 g/mol. The Labute approximate surface area is 124 Å². The van der Waals surface area contributed by atoms with E-state index in [0.29, 0.717) is 18.5 Å². The van der Waals surface area contributed by atoms with E-state index in [4.69, 9.17) is 11.6 Å². The van der Waals surface area contributed by atoms with Gasteiger partial charge in [0.15, 0.2) is 0 Å². The molecule has 0 aliphatic heterocycles. The molecule has 0 radical (unpaired) electrons. The minimum Gasteiger partial charge on any atom is -0.388 e. The summed E-state index contributed by atoms with van der Waals surface area (Å²) < 4.78 is 40.2. The van der Waals surface area contributed by atoms with Crippen molar-refractivity contribution < 1.29 is 18.3 Å². The Balaban J connectivity index is 2.13. The molecular formula is C15H13ClF3NO. The quantitative estimate of drug-likeness (QED) is 0.822. The molecule has 6 heteroatoms. The predicted octanol–water partition coefficient (Wildman–Crippen LogP) is 4.52. The average Bonchev–Trinajstić information content (AvgIpc) is 2.83. The first kappa shape index (κ1) is 14.5. The van der Waals surface area contributed by atoms with Crippen molar-refractivity contribution in [3.8, 4) is 5.69 Å². The van der Waals surface area contributed by atoms with Gasteiger partial charge in [-0.05, 0) is 43.5 Å². The molecule has 0 saturated carbocycles. The van der Waals surface area contributed by atoms with Crippen molar-refractivity contribution in [2.75, 3.05) is 0 Å². The van der Waals surface area contributed by atoms with E-state index >= 15 is 0 Å². The summed E-state index contributed by atoms with van der Waals surface area (Å²) >= 11 is 6.07. The number of aromatic nitrogens is 1. The third kappa shape index (κ3) is 2.56. The Morgan fingerprint density at radius 1 is 1.24 bits per heavy atom. The van der Waals surface area contributed by atoms with Crippen LogP contribution in [-0.4, -0.2) is 9.67 Å². The molecule has 2 aromatic rings. The first-order valence-electron chi connectivity index (χ1n) is 6.63. The summed E-state index contributed by atoms with van der Waals surface area (Å²) in [6.07, 6.45) is -1.11. The molecule has 1 atom stereocenters. The van der Waals surface area contributed by atoms with Crippen LogP contribution in [0.5, 0.6) is 0 Å². The highest BCUT2D eigenvalue weighted by molar-refractivity contribution is 6.32. The molecule has 1 aliphatic rings. The lowest BCUT2D eigenvalue weighted by Crippen LogP contribution is -2.12. The number of alkyl halides is 3. The summed E-state index contributed by atoms with van der Waals surface area (Å²) in [6, 6.07) is 5.02. The number of aliphatic hydroxyl groups excluding tert-OH is 1. The van der Waals surface area contributed by atoms with Crippen LogP contribution < -0.4 is 0 Å². The van der Waals surface area contributed by atoms with E-state index in [1.165, 1.54) is 6.07 Å². The van der Waals surface area contributed by atoms with Crippen LogP contribution in [0.15, 0.2) is 30.5 Å². The van der Waals surface area contributed by atoms with Gasteiger partial charge in [0.1, 0.15) is 0 Å². The molecule has 2 nitrogen and oxygen atoms in total. The number of hydrogen-bond acceptors (Lipinski definition) is 1. The number of fused-ring (bicyclic) bond motifs is 1. The molecule has 0 bridgehead atoms. The van der Waals surface area contributed by atoms with E-state index < -0.39 is 17.8 Å². The molecule has 1 aliphatic carbocycles. The lowest BCUT2D eigenvalue weighted by Gasteiger charge is -2.21. The van der Waals surface area contributed by atoms with Crippen molar-refractivity contribution in [3.05, 3.63) is 52.3 Å². The van der Waals surface area contributed by atoms with Crippen molar-refractivity contribution in [2.24, 2.45) is 0 Å². The summed E-state index contributed by atoms with van der Waals surface area (Å²) in [5.41, 5.74) is 1.16. The number of halogens is 4. The molecule has 1 N–H and O–H groups in total. The highest BCUT2D eigenvalue weighted by Gasteiger charge is 2.31. The minimum atomic E-state index is -4.41. The molecule has 0 fully saturated rings. The van der Waals surface area contributed by atoms with Gasteiger partial charge in [-0.15, -0.1) is 0 Å². The summed E-state index contributed by atoms with van der Waals surface area (Å²) in [4.78, 5) is 0. The number of aliphatic hydroxyl groups is 1. The van der Waals surface area contributed by atoms with Crippen molar-refractivity contribution in [3.63, 3.8) is 0 Å². The first-order chi connectivity index (χ1) is 9.88. The lowest BCUT2D eigenvalue weighted by molar-refractivity contribution is -0.137. The molecule has 0 saturated heterocycles. The molecule has 1 heterocycles. The molecular weight excluding hydrogens is 303 g/mol. The van der Waals surface area contributed by atoms with Gasteiger partial charge < -0.3 is 9.67 Å². The summed E-state index contributed by atoms with van der Waals surface area (Å²) in [7, 11) is 0. The molecule has 1 aromatic heterocycles. The summed E-state index contributed by atoms with van der Waals surface area (Å²) in [6.45, 7) is 0. The molecule has 21 heavy (non-hydrogen) atoms. The number of benzene rings is 1. The normalized spacial score (nSPS) is 18.6. The zero-order valence-corrected chi connectivity index (χ0v) is 11.7. The van der Waals surface area contributed by atoms with E-state index in [0.717, 1.165) is 29.8 Å². The van der Waals surface area contributed by atoms with Crippen molar-refractivity contribution >= 4 is 11.6 Å². The number of nitrogens with zero attached hydrogens (tertiary/aromatic N) is 1. The Morgan fingerprint density at radius 3 is 2.71 bits per heavy atom. The standard InChI is InChI=1S/C15H13ClF3NO/c16-11-5-4-9(15(17,18)19)8-13(11)20-7-6-10-12(20)2-1-3-14(10)21/h4-8,14,21H,1-3H2. The van der Waals surface area contributed by atoms with Gasteiger partial charge in [0, 0.05) is 17.5 Å². The van der Waals surface area contributed by atoms with Gasteiger partial charge in [-0.3, -0.25) is 0 Å². The Hall–Kier alpha value is -1.46. The van der Waals surface area contributed by atoms with Crippen molar-refractivity contribution in [2.45, 2.75) is 31.5 Å². The van der Waals surface area contributed by atoms with Gasteiger partial charge in [0.25, 0.3) is 0 Å². The topological polar surface area (TPSA) is 25.2 Å². The fourth-order valence-electron chi connectivity index (χ4n) is 2.77. The number of rotatable bonds is 1. The second-order valence-corrected chi connectivity index (χ2v) is 5.57. The molecule has 0 spiro atoms. The minimum absolute atomic E-state index is 0.251. The van der Waals surface area contributed by atoms with E-state index in [1.807, 2.05) is 0 Å². The Morgan fingerprint density at radius 2 is 2.00 bits per heavy atom. The maximum atomic E-state index is 12.9. The van der Waals surface area contributed by atoms with E-state index in [-0.39, 0.29) is 5.02 Å². The van der Waals surface area contributed by atoms with Crippen molar-refractivity contribution in [1.29, 1.82) is 0 Å². The monoisotopic (exact) mass is 315 g/mol. The van der Waals surface area contributed by atoms with Crippen LogP contribution >= 0.6 is 11.6 Å². The van der Waals surface area contributed by atoms with Crippen molar-refractivity contribution in [1.82, 2.24) is 4.57 Å².